The van der Waals surface area contributed by atoms with Gasteiger partial charge in [-0.05, 0) is 24.3 Å². The lowest BCUT2D eigenvalue weighted by Crippen LogP contribution is -3.09. The van der Waals surface area contributed by atoms with Crippen LogP contribution in [0.3, 0.4) is 0 Å². The Balaban J connectivity index is 1.61. The maximum Gasteiger partial charge on any atom is 0.240 e. The molecule has 1 aromatic rings. The van der Waals surface area contributed by atoms with Crippen LogP contribution in [-0.2, 0) is 16.1 Å². The summed E-state index contributed by atoms with van der Waals surface area (Å²) in [6, 6.07) is 8.66. The molecule has 2 fully saturated rings. The van der Waals surface area contributed by atoms with E-state index in [1.165, 1.54) is 20.9 Å². The number of nitrogens with one attached hydrogen (secondary N) is 1. The van der Waals surface area contributed by atoms with Crippen molar-refractivity contribution in [3.05, 3.63) is 35.4 Å². The third kappa shape index (κ3) is 3.25. The summed E-state index contributed by atoms with van der Waals surface area (Å²) in [6.45, 7) is 5.68. The van der Waals surface area contributed by atoms with E-state index in [9.17, 15) is 9.59 Å². The smallest absolute Gasteiger partial charge is 0.240 e. The minimum atomic E-state index is -0.351. The van der Waals surface area contributed by atoms with Crippen LogP contribution < -0.4 is 4.90 Å². The zero-order valence-electron chi connectivity index (χ0n) is 15.1. The number of likely N-dealkylation sites (tertiary alicyclic amines) is 1. The molecule has 1 atom stereocenters. The van der Waals surface area contributed by atoms with E-state index < -0.39 is 0 Å². The molecule has 3 rings (SSSR count). The Morgan fingerprint density at radius 2 is 1.75 bits per heavy atom. The van der Waals surface area contributed by atoms with Gasteiger partial charge in [0.1, 0.15) is 6.54 Å². The summed E-state index contributed by atoms with van der Waals surface area (Å²) in [5, 5.41) is 0. The van der Waals surface area contributed by atoms with Crippen LogP contribution in [0.15, 0.2) is 24.3 Å². The molecule has 24 heavy (non-hydrogen) atoms. The fraction of sp³-hybridized carbons (Fsp3) is 0.600. The minimum Gasteiger partial charge on any atom is -0.316 e. The summed E-state index contributed by atoms with van der Waals surface area (Å²) >= 11 is 0. The summed E-state index contributed by atoms with van der Waals surface area (Å²) in [4.78, 5) is 27.8. The predicted molar refractivity (Wildman–Crippen MR) is 93.4 cm³/mol. The molecule has 4 nitrogen and oxygen atoms in total. The van der Waals surface area contributed by atoms with Gasteiger partial charge < -0.3 is 4.90 Å². The first-order chi connectivity index (χ1) is 11.4. The number of quaternary nitrogens is 1. The highest BCUT2D eigenvalue weighted by Gasteiger charge is 2.53. The molecule has 1 aliphatic heterocycles. The fourth-order valence-corrected chi connectivity index (χ4v) is 4.16. The van der Waals surface area contributed by atoms with E-state index >= 15 is 0 Å². The number of amides is 2. The lowest BCUT2D eigenvalue weighted by molar-refractivity contribution is -0.901. The molecule has 1 saturated heterocycles. The van der Waals surface area contributed by atoms with Crippen LogP contribution in [-0.4, -0.2) is 30.4 Å². The first-order valence-corrected chi connectivity index (χ1v) is 9.16. The largest absolute Gasteiger partial charge is 0.316 e. The zero-order chi connectivity index (χ0) is 17.3. The van der Waals surface area contributed by atoms with Crippen molar-refractivity contribution >= 4 is 11.8 Å². The normalized spacial score (nSPS) is 21.2. The van der Waals surface area contributed by atoms with Gasteiger partial charge in [-0.25, -0.2) is 4.90 Å². The SMILES string of the molecule is CC(C)c1ccc(C[NH+](C)CN2C(=O)CC3(CCCC3)C2=O)cc1. The number of nitrogens with zero attached hydrogens (tertiary/aromatic N) is 1. The third-order valence-electron chi connectivity index (χ3n) is 5.63. The fourth-order valence-electron chi connectivity index (χ4n) is 4.16. The summed E-state index contributed by atoms with van der Waals surface area (Å²) in [5.41, 5.74) is 2.23. The van der Waals surface area contributed by atoms with E-state index in [0.29, 0.717) is 19.0 Å². The lowest BCUT2D eigenvalue weighted by atomic mass is 9.85. The number of hydrogen-bond donors (Lipinski definition) is 1. The molecule has 1 spiro atoms. The zero-order valence-corrected chi connectivity index (χ0v) is 15.1. The summed E-state index contributed by atoms with van der Waals surface area (Å²) < 4.78 is 0. The van der Waals surface area contributed by atoms with Gasteiger partial charge in [0.2, 0.25) is 11.8 Å². The molecular formula is C20H29N2O2+. The van der Waals surface area contributed by atoms with Crippen LogP contribution >= 0.6 is 0 Å². The van der Waals surface area contributed by atoms with Crippen molar-refractivity contribution in [2.24, 2.45) is 5.41 Å². The lowest BCUT2D eigenvalue weighted by Gasteiger charge is -2.23. The topological polar surface area (TPSA) is 41.8 Å². The number of rotatable bonds is 5. The van der Waals surface area contributed by atoms with E-state index in [0.717, 1.165) is 32.2 Å². The van der Waals surface area contributed by atoms with E-state index in [1.807, 2.05) is 0 Å². The van der Waals surface area contributed by atoms with E-state index in [4.69, 9.17) is 0 Å². The molecule has 0 radical (unpaired) electrons. The quantitative estimate of drug-likeness (QED) is 0.841. The van der Waals surface area contributed by atoms with E-state index in [-0.39, 0.29) is 17.2 Å². The second-order valence-electron chi connectivity index (χ2n) is 7.98. The molecule has 1 saturated carbocycles. The first kappa shape index (κ1) is 17.2. The van der Waals surface area contributed by atoms with Crippen molar-refractivity contribution in [2.75, 3.05) is 13.7 Å². The molecule has 1 aromatic carbocycles. The minimum absolute atomic E-state index is 0.0244. The van der Waals surface area contributed by atoms with Gasteiger partial charge in [-0.2, -0.15) is 0 Å². The third-order valence-corrected chi connectivity index (χ3v) is 5.63. The predicted octanol–water partition coefficient (Wildman–Crippen LogP) is 2.10. The first-order valence-electron chi connectivity index (χ1n) is 9.16. The number of hydrogen-bond acceptors (Lipinski definition) is 2. The van der Waals surface area contributed by atoms with Crippen LogP contribution in [0.5, 0.6) is 0 Å². The Hall–Kier alpha value is -1.68. The van der Waals surface area contributed by atoms with Crippen LogP contribution in [0.2, 0.25) is 0 Å². The van der Waals surface area contributed by atoms with Crippen molar-refractivity contribution in [3.8, 4) is 0 Å². The molecule has 4 heteroatoms. The Morgan fingerprint density at radius 1 is 1.12 bits per heavy atom. The molecule has 2 aliphatic rings. The maximum atomic E-state index is 12.7. The van der Waals surface area contributed by atoms with Gasteiger partial charge >= 0.3 is 0 Å². The molecule has 130 valence electrons. The average Bonchev–Trinajstić information content (AvgIpc) is 3.09. The molecular weight excluding hydrogens is 300 g/mol. The molecule has 0 bridgehead atoms. The summed E-state index contributed by atoms with van der Waals surface area (Å²) in [7, 11) is 2.05. The summed E-state index contributed by atoms with van der Waals surface area (Å²) in [5.74, 6) is 0.641. The highest BCUT2D eigenvalue weighted by Crippen LogP contribution is 2.46. The van der Waals surface area contributed by atoms with Gasteiger partial charge in [0.25, 0.3) is 0 Å². The molecule has 1 heterocycles. The maximum absolute atomic E-state index is 12.7. The molecule has 0 aromatic heterocycles. The van der Waals surface area contributed by atoms with Crippen molar-refractivity contribution in [1.29, 1.82) is 0 Å². The molecule has 1 N–H and O–H groups in total. The number of carbonyl (C=O) groups is 2. The van der Waals surface area contributed by atoms with Crippen LogP contribution in [0.25, 0.3) is 0 Å². The second kappa shape index (κ2) is 6.67. The highest BCUT2D eigenvalue weighted by molar-refractivity contribution is 6.05. The van der Waals surface area contributed by atoms with Crippen LogP contribution in [0.4, 0.5) is 0 Å². The Morgan fingerprint density at radius 3 is 2.33 bits per heavy atom. The second-order valence-corrected chi connectivity index (χ2v) is 7.98. The van der Waals surface area contributed by atoms with Crippen molar-refractivity contribution in [1.82, 2.24) is 4.90 Å². The standard InChI is InChI=1S/C20H28N2O2/c1-15(2)17-8-6-16(7-9-17)13-21(3)14-22-18(23)12-20(19(22)24)10-4-5-11-20/h6-9,15H,4-5,10-14H2,1-3H3/p+1. The Bertz CT molecular complexity index is 615. The van der Waals surface area contributed by atoms with E-state index in [2.05, 4.69) is 45.2 Å². The monoisotopic (exact) mass is 329 g/mol. The number of carbonyl (C=O) groups excluding carboxylic acids is 2. The summed E-state index contributed by atoms with van der Waals surface area (Å²) in [6.07, 6.45) is 4.38. The van der Waals surface area contributed by atoms with E-state index in [1.54, 1.807) is 0 Å². The van der Waals surface area contributed by atoms with Gasteiger partial charge in [-0.15, -0.1) is 0 Å². The Labute approximate surface area is 144 Å². The van der Waals surface area contributed by atoms with Crippen LogP contribution in [0.1, 0.15) is 63.0 Å². The molecule has 1 aliphatic carbocycles. The van der Waals surface area contributed by atoms with Gasteiger partial charge in [-0.3, -0.25) is 9.59 Å². The van der Waals surface area contributed by atoms with Gasteiger partial charge in [-0.1, -0.05) is 51.0 Å². The average molecular weight is 329 g/mol. The van der Waals surface area contributed by atoms with Crippen molar-refractivity contribution < 1.29 is 14.5 Å². The van der Waals surface area contributed by atoms with Gasteiger partial charge in [0.15, 0.2) is 6.67 Å². The Kier molecular flexibility index (Phi) is 4.77. The molecule has 1 unspecified atom stereocenters. The number of benzene rings is 1. The van der Waals surface area contributed by atoms with Crippen LogP contribution in [0, 0.1) is 5.41 Å². The molecule has 2 amide bonds. The van der Waals surface area contributed by atoms with Gasteiger partial charge in [0.05, 0.1) is 12.5 Å². The highest BCUT2D eigenvalue weighted by atomic mass is 16.2. The van der Waals surface area contributed by atoms with Crippen molar-refractivity contribution in [3.63, 3.8) is 0 Å². The van der Waals surface area contributed by atoms with Gasteiger partial charge in [0, 0.05) is 12.0 Å². The number of imide groups is 1. The van der Waals surface area contributed by atoms with Crippen molar-refractivity contribution in [2.45, 2.75) is 58.4 Å².